The van der Waals surface area contributed by atoms with Crippen molar-refractivity contribution in [2.75, 3.05) is 11.4 Å². The quantitative estimate of drug-likeness (QED) is 0.272. The second kappa shape index (κ2) is 8.01. The fraction of sp³-hybridized carbons (Fsp3) is 0.531. The van der Waals surface area contributed by atoms with Gasteiger partial charge in [0, 0.05) is 35.3 Å². The Kier molecular flexibility index (Phi) is 4.70. The van der Waals surface area contributed by atoms with Gasteiger partial charge in [-0.15, -0.1) is 0 Å². The molecule has 0 spiro atoms. The van der Waals surface area contributed by atoms with E-state index >= 15 is 0 Å². The van der Waals surface area contributed by atoms with Crippen LogP contribution in [0.3, 0.4) is 0 Å². The van der Waals surface area contributed by atoms with Crippen LogP contribution in [0.5, 0.6) is 0 Å². The molecule has 8 nitrogen and oxygen atoms in total. The predicted octanol–water partition coefficient (Wildman–Crippen LogP) is 6.17. The number of carbonyl (C=O) groups excluding carboxylic acids is 1. The molecule has 3 aromatic heterocycles. The highest BCUT2D eigenvalue weighted by molar-refractivity contribution is 6.00. The van der Waals surface area contributed by atoms with Crippen molar-refractivity contribution in [2.45, 2.75) is 87.6 Å². The summed E-state index contributed by atoms with van der Waals surface area (Å²) in [6.45, 7) is 0.662. The average Bonchev–Trinajstić information content (AvgIpc) is 3.53. The van der Waals surface area contributed by atoms with Crippen molar-refractivity contribution in [2.24, 2.45) is 10.8 Å². The lowest BCUT2D eigenvalue weighted by molar-refractivity contribution is -0.211. The monoisotopic (exact) mass is 552 g/mol. The molecule has 3 heterocycles. The second-order valence-electron chi connectivity index (χ2n) is 13.9. The number of nitrogens with zero attached hydrogens (tertiary/aromatic N) is 6. The van der Waals surface area contributed by atoms with Crippen LogP contribution in [0.15, 0.2) is 53.3 Å². The van der Waals surface area contributed by atoms with E-state index in [9.17, 15) is 9.18 Å². The number of carbonyl (C=O) groups is 1. The zero-order valence-electron chi connectivity index (χ0n) is 23.1. The summed E-state index contributed by atoms with van der Waals surface area (Å²) >= 11 is 0. The molecule has 9 heteroatoms. The van der Waals surface area contributed by atoms with E-state index < -0.39 is 11.1 Å². The summed E-state index contributed by atoms with van der Waals surface area (Å²) in [4.78, 5) is 25.6. The van der Waals surface area contributed by atoms with Crippen LogP contribution >= 0.6 is 0 Å². The fourth-order valence-electron chi connectivity index (χ4n) is 8.43. The summed E-state index contributed by atoms with van der Waals surface area (Å²) in [6.07, 6.45) is 13.1. The number of benzene rings is 1. The zero-order valence-corrected chi connectivity index (χ0v) is 23.1. The first-order valence-corrected chi connectivity index (χ1v) is 15.1. The highest BCUT2D eigenvalue weighted by atomic mass is 19.1. The summed E-state index contributed by atoms with van der Waals surface area (Å²) < 4.78 is 22.3. The molecule has 4 aromatic rings. The molecule has 7 aliphatic rings. The number of halogens is 1. The van der Waals surface area contributed by atoms with Crippen molar-refractivity contribution in [3.8, 4) is 11.3 Å². The highest BCUT2D eigenvalue weighted by Crippen LogP contribution is 2.70. The Balaban J connectivity index is 1.02. The summed E-state index contributed by atoms with van der Waals surface area (Å²) in [7, 11) is 0. The molecule has 0 atom stereocenters. The molecule has 0 N–H and O–H groups in total. The average molecular weight is 553 g/mol. The third-order valence-electron chi connectivity index (χ3n) is 11.1. The van der Waals surface area contributed by atoms with Crippen molar-refractivity contribution in [3.63, 3.8) is 0 Å². The largest absolute Gasteiger partial charge is 0.339 e. The van der Waals surface area contributed by atoms with Crippen LogP contribution in [0.25, 0.3) is 16.9 Å². The SMILES string of the molecule is O=C(N(CC12CCC(c3nc(C4CC4)no3)(CC1)CC2)c1cccc(-c2cnc3cccnn23)c1)C12CC(F)(C1)C2. The minimum absolute atomic E-state index is 0.0266. The number of fused-ring (bicyclic) bond motifs is 4. The van der Waals surface area contributed by atoms with Crippen LogP contribution in [0.2, 0.25) is 0 Å². The number of imidazole rings is 1. The molecule has 1 aromatic carbocycles. The van der Waals surface area contributed by atoms with Crippen LogP contribution in [0.4, 0.5) is 10.1 Å². The van der Waals surface area contributed by atoms with Gasteiger partial charge in [0.15, 0.2) is 11.5 Å². The van der Waals surface area contributed by atoms with Crippen LogP contribution in [-0.4, -0.2) is 42.9 Å². The Labute approximate surface area is 237 Å². The first-order valence-electron chi connectivity index (χ1n) is 15.1. The smallest absolute Gasteiger partial charge is 0.233 e. The van der Waals surface area contributed by atoms with E-state index in [1.165, 1.54) is 12.8 Å². The van der Waals surface area contributed by atoms with Crippen LogP contribution in [-0.2, 0) is 10.2 Å². The molecule has 4 bridgehead atoms. The summed E-state index contributed by atoms with van der Waals surface area (Å²) in [5.74, 6) is 2.30. The van der Waals surface area contributed by atoms with Crippen molar-refractivity contribution < 1.29 is 13.7 Å². The van der Waals surface area contributed by atoms with Crippen LogP contribution in [0, 0.1) is 10.8 Å². The van der Waals surface area contributed by atoms with Gasteiger partial charge in [0.1, 0.15) is 5.67 Å². The van der Waals surface area contributed by atoms with E-state index in [1.54, 1.807) is 6.20 Å². The van der Waals surface area contributed by atoms with Gasteiger partial charge in [0.05, 0.1) is 17.3 Å². The Morgan fingerprint density at radius 1 is 1.05 bits per heavy atom. The molecule has 11 rings (SSSR count). The molecule has 0 aliphatic heterocycles. The van der Waals surface area contributed by atoms with Gasteiger partial charge in [-0.1, -0.05) is 17.3 Å². The number of rotatable bonds is 7. The molecule has 1 amide bonds. The molecular weight excluding hydrogens is 519 g/mol. The number of alkyl halides is 1. The van der Waals surface area contributed by atoms with E-state index in [2.05, 4.69) is 21.3 Å². The second-order valence-corrected chi connectivity index (χ2v) is 13.9. The fourth-order valence-corrected chi connectivity index (χ4v) is 8.43. The molecule has 7 aliphatic carbocycles. The molecular formula is C32H33FN6O2. The van der Waals surface area contributed by atoms with Gasteiger partial charge in [-0.05, 0) is 100 Å². The Bertz CT molecular complexity index is 1660. The highest BCUT2D eigenvalue weighted by Gasteiger charge is 2.73. The number of anilines is 1. The van der Waals surface area contributed by atoms with Gasteiger partial charge < -0.3 is 9.42 Å². The van der Waals surface area contributed by atoms with Crippen LogP contribution < -0.4 is 4.90 Å². The summed E-state index contributed by atoms with van der Waals surface area (Å²) in [5.41, 5.74) is 1.84. The number of aromatic nitrogens is 5. The first kappa shape index (κ1) is 24.0. The van der Waals surface area contributed by atoms with E-state index in [0.717, 1.165) is 72.8 Å². The van der Waals surface area contributed by atoms with Gasteiger partial charge >= 0.3 is 0 Å². The van der Waals surface area contributed by atoms with E-state index in [1.807, 2.05) is 45.9 Å². The zero-order chi connectivity index (χ0) is 27.5. The van der Waals surface area contributed by atoms with Gasteiger partial charge in [-0.2, -0.15) is 10.1 Å². The number of amides is 1. The molecule has 41 heavy (non-hydrogen) atoms. The van der Waals surface area contributed by atoms with Gasteiger partial charge in [-0.25, -0.2) is 13.9 Å². The predicted molar refractivity (Wildman–Crippen MR) is 149 cm³/mol. The maximum Gasteiger partial charge on any atom is 0.233 e. The van der Waals surface area contributed by atoms with Crippen molar-refractivity contribution >= 4 is 17.2 Å². The standard InChI is InChI=1S/C32H33FN6O2/c33-32-17-31(18-32,19-32)28(40)38(23-4-1-3-22(15-23)24-16-34-25-5-2-14-35-39(24)25)20-29-8-11-30(12-9-29,13-10-29)27-36-26(37-41-27)21-6-7-21/h1-5,14-16,21H,6-13,17-20H2. The minimum Gasteiger partial charge on any atom is -0.339 e. The first-order chi connectivity index (χ1) is 19.9. The lowest BCUT2D eigenvalue weighted by Crippen LogP contribution is -2.71. The molecule has 0 saturated heterocycles. The minimum atomic E-state index is -1.12. The molecule has 7 saturated carbocycles. The van der Waals surface area contributed by atoms with Crippen molar-refractivity contribution in [3.05, 3.63) is 60.5 Å². The summed E-state index contributed by atoms with van der Waals surface area (Å²) in [6, 6.07) is 11.9. The lowest BCUT2D eigenvalue weighted by atomic mass is 9.41. The Morgan fingerprint density at radius 2 is 1.83 bits per heavy atom. The molecule has 0 unspecified atom stereocenters. The molecule has 0 radical (unpaired) electrons. The van der Waals surface area contributed by atoms with E-state index in [-0.39, 0.29) is 16.7 Å². The number of hydrogen-bond acceptors (Lipinski definition) is 6. The number of hydrogen-bond donors (Lipinski definition) is 0. The maximum atomic E-state index is 14.6. The topological polar surface area (TPSA) is 89.4 Å². The maximum absolute atomic E-state index is 14.6. The van der Waals surface area contributed by atoms with E-state index in [4.69, 9.17) is 9.51 Å². The lowest BCUT2D eigenvalue weighted by Gasteiger charge is -2.65. The van der Waals surface area contributed by atoms with Gasteiger partial charge in [0.2, 0.25) is 11.8 Å². The van der Waals surface area contributed by atoms with Gasteiger partial charge in [0.25, 0.3) is 0 Å². The van der Waals surface area contributed by atoms with Gasteiger partial charge in [-0.3, -0.25) is 4.79 Å². The Hall–Kier alpha value is -3.62. The van der Waals surface area contributed by atoms with E-state index in [0.29, 0.717) is 31.7 Å². The Morgan fingerprint density at radius 3 is 2.56 bits per heavy atom. The van der Waals surface area contributed by atoms with Crippen molar-refractivity contribution in [1.82, 2.24) is 24.7 Å². The molecule has 7 fully saturated rings. The molecule has 210 valence electrons. The third kappa shape index (κ3) is 3.53. The van der Waals surface area contributed by atoms with Crippen molar-refractivity contribution in [1.29, 1.82) is 0 Å². The summed E-state index contributed by atoms with van der Waals surface area (Å²) in [5, 5.41) is 8.80. The normalized spacial score (nSPS) is 33.4. The third-order valence-corrected chi connectivity index (χ3v) is 11.1. The van der Waals surface area contributed by atoms with Crippen LogP contribution in [0.1, 0.15) is 88.3 Å².